The van der Waals surface area contributed by atoms with Crippen molar-refractivity contribution in [3.8, 4) is 22.4 Å². The molecule has 8 rings (SSSR count). The maximum atomic E-state index is 14.7. The number of hydrogen-bond donors (Lipinski definition) is 2. The Morgan fingerprint density at radius 2 is 1.83 bits per heavy atom. The number of aryl methyl sites for hydroxylation is 1. The van der Waals surface area contributed by atoms with Crippen molar-refractivity contribution in [3.63, 3.8) is 0 Å². The molecule has 0 radical (unpaired) electrons. The predicted molar refractivity (Wildman–Crippen MR) is 252 cm³/mol. The summed E-state index contributed by atoms with van der Waals surface area (Å²) < 4.78 is 14.7. The highest BCUT2D eigenvalue weighted by molar-refractivity contribution is 5.96. The fraction of sp³-hybridized carbons (Fsp3) is 0.500. The summed E-state index contributed by atoms with van der Waals surface area (Å²) >= 11 is 0. The van der Waals surface area contributed by atoms with Gasteiger partial charge in [0, 0.05) is 74.3 Å². The molecule has 0 aliphatic carbocycles. The van der Waals surface area contributed by atoms with Crippen LogP contribution in [-0.2, 0) is 52.8 Å². The lowest BCUT2D eigenvalue weighted by atomic mass is 9.84. The zero-order valence-electron chi connectivity index (χ0n) is 39.3. The van der Waals surface area contributed by atoms with E-state index in [1.807, 2.05) is 38.2 Å². The third-order valence-corrected chi connectivity index (χ3v) is 13.8. The molecule has 1 unspecified atom stereocenters. The molecule has 4 aliphatic rings. The van der Waals surface area contributed by atoms with Crippen LogP contribution in [0.4, 0.5) is 0 Å². The minimum Gasteiger partial charge on any atom is -0.464 e. The topological polar surface area (TPSA) is 155 Å². The first kappa shape index (κ1) is 46.7. The van der Waals surface area contributed by atoms with E-state index < -0.39 is 47.2 Å². The van der Waals surface area contributed by atoms with Gasteiger partial charge in [-0.05, 0) is 104 Å². The van der Waals surface area contributed by atoms with Crippen molar-refractivity contribution in [2.45, 2.75) is 110 Å². The number of amides is 4. The Labute approximate surface area is 388 Å². The number of pyridine rings is 1. The summed E-state index contributed by atoms with van der Waals surface area (Å²) in [5.74, 6) is -2.53. The molecule has 14 nitrogen and oxygen atoms in total. The predicted octanol–water partition coefficient (Wildman–Crippen LogP) is 6.41. The number of cyclic esters (lactones) is 1. The summed E-state index contributed by atoms with van der Waals surface area (Å²) in [5, 5.41) is 5.61. The van der Waals surface area contributed by atoms with Crippen LogP contribution in [0, 0.1) is 17.3 Å². The van der Waals surface area contributed by atoms with Gasteiger partial charge in [0.25, 0.3) is 5.91 Å². The Hall–Kier alpha value is -5.86. The Kier molecular flexibility index (Phi) is 13.8. The molecule has 2 aromatic heterocycles. The van der Waals surface area contributed by atoms with Crippen molar-refractivity contribution >= 4 is 40.5 Å². The van der Waals surface area contributed by atoms with Gasteiger partial charge in [-0.3, -0.25) is 34.0 Å². The van der Waals surface area contributed by atoms with E-state index in [2.05, 4.69) is 79.1 Å². The van der Waals surface area contributed by atoms with E-state index in [4.69, 9.17) is 14.5 Å². The van der Waals surface area contributed by atoms with E-state index in [0.717, 1.165) is 69.5 Å². The normalized spacial score (nSPS) is 22.8. The van der Waals surface area contributed by atoms with Crippen molar-refractivity contribution in [3.05, 3.63) is 90.3 Å². The second-order valence-electron chi connectivity index (χ2n) is 19.6. The maximum absolute atomic E-state index is 14.7. The molecule has 4 aromatic rings. The van der Waals surface area contributed by atoms with Gasteiger partial charge in [-0.2, -0.15) is 0 Å². The van der Waals surface area contributed by atoms with Gasteiger partial charge in [-0.25, -0.2) is 5.43 Å². The standard InChI is InChI=1S/C52H65N7O7/c1-8-44(60)57-24-21-36(30-57)49(62)56(7)46(32(3)4)48(61)54-41-27-33-14-10-15-34(26-33)35-19-20-42-38(28-35)39(29-52(5,6)31-66-51(64)40-17-12-23-59(55-40)50(41)63)47(58(42)9-2)37-16-11-22-53-45(37)43-18-13-25-65-43/h8,10-11,14-16,19-20,22,26,28,32,36,40-41,43,46,55H,1,9,12-13,17-18,21,23-25,27,29-31H2,2-7H3,(H,54,61)/t36-,40-,41-,43-,46?/m0/s1. The lowest BCUT2D eigenvalue weighted by Gasteiger charge is -2.37. The van der Waals surface area contributed by atoms with E-state index in [9.17, 15) is 24.0 Å². The van der Waals surface area contributed by atoms with Gasteiger partial charge in [-0.1, -0.05) is 64.6 Å². The summed E-state index contributed by atoms with van der Waals surface area (Å²) in [5.41, 5.74) is 10.8. The average molecular weight is 900 g/mol. The number of nitrogens with one attached hydrogen (secondary N) is 2. The van der Waals surface area contributed by atoms with Crippen LogP contribution in [0.25, 0.3) is 33.3 Å². The zero-order chi connectivity index (χ0) is 46.9. The summed E-state index contributed by atoms with van der Waals surface area (Å²) in [7, 11) is 1.61. The smallest absolute Gasteiger partial charge is 0.324 e. The lowest BCUT2D eigenvalue weighted by Crippen LogP contribution is -2.62. The van der Waals surface area contributed by atoms with Crippen molar-refractivity contribution in [1.82, 2.24) is 35.1 Å². The Morgan fingerprint density at radius 3 is 2.58 bits per heavy atom. The number of esters is 1. The van der Waals surface area contributed by atoms with Gasteiger partial charge in [0.2, 0.25) is 17.7 Å². The lowest BCUT2D eigenvalue weighted by molar-refractivity contribution is -0.155. The molecule has 0 saturated carbocycles. The van der Waals surface area contributed by atoms with Crippen LogP contribution in [0.3, 0.4) is 0 Å². The number of fused-ring (bicyclic) bond motifs is 6. The number of nitrogens with zero attached hydrogens (tertiary/aromatic N) is 5. The van der Waals surface area contributed by atoms with Gasteiger partial charge in [0.05, 0.1) is 23.9 Å². The molecule has 66 heavy (non-hydrogen) atoms. The molecule has 3 saturated heterocycles. The first-order chi connectivity index (χ1) is 31.7. The number of ether oxygens (including phenoxy) is 2. The van der Waals surface area contributed by atoms with Crippen LogP contribution >= 0.6 is 0 Å². The molecular weight excluding hydrogens is 835 g/mol. The molecule has 3 fully saturated rings. The number of benzene rings is 2. The van der Waals surface area contributed by atoms with E-state index in [0.29, 0.717) is 45.4 Å². The minimum atomic E-state index is -1.04. The summed E-state index contributed by atoms with van der Waals surface area (Å²) in [6.45, 7) is 16.3. The van der Waals surface area contributed by atoms with Gasteiger partial charge in [0.15, 0.2) is 0 Å². The largest absolute Gasteiger partial charge is 0.464 e. The second-order valence-corrected chi connectivity index (χ2v) is 19.6. The van der Waals surface area contributed by atoms with Crippen molar-refractivity contribution < 1.29 is 33.4 Å². The maximum Gasteiger partial charge on any atom is 0.324 e. The minimum absolute atomic E-state index is 0.0928. The molecule has 6 heterocycles. The number of likely N-dealkylation sites (tertiary alicyclic amines) is 1. The highest BCUT2D eigenvalue weighted by atomic mass is 16.5. The van der Waals surface area contributed by atoms with Crippen LogP contribution in [0.5, 0.6) is 0 Å². The molecule has 6 bridgehead atoms. The number of likely N-dealkylation sites (N-methyl/N-ethyl adjacent to an activating group) is 1. The highest BCUT2D eigenvalue weighted by Crippen LogP contribution is 2.43. The summed E-state index contributed by atoms with van der Waals surface area (Å²) in [6, 6.07) is 16.1. The van der Waals surface area contributed by atoms with Gasteiger partial charge < -0.3 is 29.2 Å². The Balaban J connectivity index is 1.18. The van der Waals surface area contributed by atoms with Crippen molar-refractivity contribution in [1.29, 1.82) is 0 Å². The number of aromatic nitrogens is 2. The SMILES string of the molecule is C=CC(=O)N1CC[C@H](C(=O)N(C)C(C(=O)N[C@H]2Cc3cccc(c3)-c3ccc4c(c3)c(c(-c3cccnc3[C@@H]3CCCO3)n4CC)CC(C)(C)COC(=O)[C@@H]3CCCN(N3)C2=O)C(C)C)C1. The van der Waals surface area contributed by atoms with Gasteiger partial charge >= 0.3 is 5.97 Å². The van der Waals surface area contributed by atoms with Gasteiger partial charge in [0.1, 0.15) is 24.2 Å². The first-order valence-electron chi connectivity index (χ1n) is 23.7. The fourth-order valence-corrected chi connectivity index (χ4v) is 10.5. The molecule has 5 atom stereocenters. The number of carbonyl (C=O) groups is 5. The van der Waals surface area contributed by atoms with E-state index in [-0.39, 0.29) is 43.4 Å². The van der Waals surface area contributed by atoms with Gasteiger partial charge in [-0.15, -0.1) is 0 Å². The molecule has 14 heteroatoms. The molecule has 350 valence electrons. The molecule has 2 N–H and O–H groups in total. The van der Waals surface area contributed by atoms with Crippen LogP contribution in [0.15, 0.2) is 73.4 Å². The van der Waals surface area contributed by atoms with Crippen molar-refractivity contribution in [2.24, 2.45) is 17.3 Å². The van der Waals surface area contributed by atoms with Crippen LogP contribution in [-0.4, -0.2) is 112 Å². The van der Waals surface area contributed by atoms with Crippen molar-refractivity contribution in [2.75, 3.05) is 39.9 Å². The number of hydrogen-bond acceptors (Lipinski definition) is 9. The molecule has 4 aliphatic heterocycles. The Morgan fingerprint density at radius 1 is 1.03 bits per heavy atom. The average Bonchev–Trinajstić information content (AvgIpc) is 4.10. The summed E-state index contributed by atoms with van der Waals surface area (Å²) in [6.07, 6.45) is 7.16. The van der Waals surface area contributed by atoms with Crippen LogP contribution in [0.1, 0.15) is 89.6 Å². The monoisotopic (exact) mass is 899 g/mol. The third-order valence-electron chi connectivity index (χ3n) is 13.8. The first-order valence-corrected chi connectivity index (χ1v) is 23.7. The third kappa shape index (κ3) is 9.53. The highest BCUT2D eigenvalue weighted by Gasteiger charge is 2.40. The molecule has 4 amide bonds. The number of rotatable bonds is 9. The van der Waals surface area contributed by atoms with E-state index in [1.54, 1.807) is 11.9 Å². The second kappa shape index (κ2) is 19.5. The van der Waals surface area contributed by atoms with Crippen LogP contribution in [0.2, 0.25) is 0 Å². The molecule has 2 aromatic carbocycles. The molecule has 0 spiro atoms. The van der Waals surface area contributed by atoms with Crippen LogP contribution < -0.4 is 10.7 Å². The fourth-order valence-electron chi connectivity index (χ4n) is 10.5. The van der Waals surface area contributed by atoms with E-state index in [1.165, 1.54) is 16.0 Å². The number of carbonyl (C=O) groups excluding carboxylic acids is 5. The summed E-state index contributed by atoms with van der Waals surface area (Å²) in [4.78, 5) is 77.4. The quantitative estimate of drug-likeness (QED) is 0.143. The van der Waals surface area contributed by atoms with E-state index >= 15 is 0 Å². The zero-order valence-corrected chi connectivity index (χ0v) is 39.3. The Bertz CT molecular complexity index is 2510. The molecular formula is C52H65N7O7. The number of hydrazine groups is 1.